The Morgan fingerprint density at radius 2 is 1.95 bits per heavy atom. The van der Waals surface area contributed by atoms with Crippen molar-refractivity contribution in [1.82, 2.24) is 9.78 Å². The lowest BCUT2D eigenvalue weighted by molar-refractivity contribution is -0.152. The van der Waals surface area contributed by atoms with Crippen LogP contribution in [0.15, 0.2) is 42.7 Å². The molecule has 0 atom stereocenters. The molecule has 0 bridgehead atoms. The van der Waals surface area contributed by atoms with E-state index in [0.717, 1.165) is 11.1 Å². The van der Waals surface area contributed by atoms with E-state index in [-0.39, 0.29) is 5.97 Å². The third-order valence-corrected chi connectivity index (χ3v) is 3.04. The molecule has 19 heavy (non-hydrogen) atoms. The van der Waals surface area contributed by atoms with E-state index in [9.17, 15) is 4.79 Å². The Morgan fingerprint density at radius 3 is 2.58 bits per heavy atom. The van der Waals surface area contributed by atoms with E-state index in [0.29, 0.717) is 6.61 Å². The number of ether oxygens (including phenoxy) is 1. The van der Waals surface area contributed by atoms with E-state index >= 15 is 0 Å². The van der Waals surface area contributed by atoms with Crippen LogP contribution in [0.4, 0.5) is 0 Å². The van der Waals surface area contributed by atoms with Gasteiger partial charge in [-0.15, -0.1) is 0 Å². The Kier molecular flexibility index (Phi) is 3.69. The Labute approximate surface area is 113 Å². The molecule has 4 heteroatoms. The van der Waals surface area contributed by atoms with Gasteiger partial charge in [-0.05, 0) is 26.3 Å². The van der Waals surface area contributed by atoms with Gasteiger partial charge in [0, 0.05) is 11.8 Å². The summed E-state index contributed by atoms with van der Waals surface area (Å²) in [6, 6.07) is 9.94. The van der Waals surface area contributed by atoms with Crippen LogP contribution >= 0.6 is 0 Å². The van der Waals surface area contributed by atoms with Gasteiger partial charge in [0.15, 0.2) is 5.54 Å². The minimum atomic E-state index is -0.803. The molecule has 2 aromatic rings. The van der Waals surface area contributed by atoms with E-state index in [2.05, 4.69) is 5.10 Å². The molecule has 0 spiro atoms. The largest absolute Gasteiger partial charge is 0.464 e. The number of hydrogen-bond acceptors (Lipinski definition) is 3. The first-order chi connectivity index (χ1) is 9.05. The van der Waals surface area contributed by atoms with E-state index in [4.69, 9.17) is 4.74 Å². The number of carbonyl (C=O) groups excluding carboxylic acids is 1. The van der Waals surface area contributed by atoms with E-state index < -0.39 is 5.54 Å². The van der Waals surface area contributed by atoms with Crippen molar-refractivity contribution in [2.75, 3.05) is 6.61 Å². The highest BCUT2D eigenvalue weighted by atomic mass is 16.5. The molecule has 0 saturated heterocycles. The molecule has 0 saturated carbocycles. The molecule has 0 unspecified atom stereocenters. The van der Waals surface area contributed by atoms with Crippen LogP contribution in [0.2, 0.25) is 0 Å². The van der Waals surface area contributed by atoms with Gasteiger partial charge in [-0.2, -0.15) is 5.10 Å². The molecule has 0 aliphatic rings. The molecule has 0 amide bonds. The predicted octanol–water partition coefficient (Wildman–Crippen LogP) is 2.85. The smallest absolute Gasteiger partial charge is 0.333 e. The van der Waals surface area contributed by atoms with Crippen LogP contribution in [-0.4, -0.2) is 22.4 Å². The fraction of sp³-hybridized carbons (Fsp3) is 0.333. The SMILES string of the molecule is CCOC(=O)C(C)(C)n1cc(-c2ccccc2)cn1. The molecular formula is C15H18N2O2. The number of nitrogens with zero attached hydrogens (tertiary/aromatic N) is 2. The summed E-state index contributed by atoms with van der Waals surface area (Å²) in [5, 5.41) is 4.28. The second-order valence-corrected chi connectivity index (χ2v) is 4.82. The number of aromatic nitrogens is 2. The highest BCUT2D eigenvalue weighted by Crippen LogP contribution is 2.22. The molecule has 0 fully saturated rings. The van der Waals surface area contributed by atoms with Crippen LogP contribution in [0, 0.1) is 0 Å². The zero-order chi connectivity index (χ0) is 13.9. The Hall–Kier alpha value is -2.10. The summed E-state index contributed by atoms with van der Waals surface area (Å²) in [5.74, 6) is -0.280. The van der Waals surface area contributed by atoms with Crippen LogP contribution in [0.1, 0.15) is 20.8 Å². The van der Waals surface area contributed by atoms with Crippen molar-refractivity contribution in [3.63, 3.8) is 0 Å². The number of rotatable bonds is 4. The quantitative estimate of drug-likeness (QED) is 0.792. The minimum Gasteiger partial charge on any atom is -0.464 e. The summed E-state index contributed by atoms with van der Waals surface area (Å²) in [6.45, 7) is 5.76. The molecule has 1 aromatic carbocycles. The average molecular weight is 258 g/mol. The maximum absolute atomic E-state index is 11.9. The predicted molar refractivity (Wildman–Crippen MR) is 73.6 cm³/mol. The Morgan fingerprint density at radius 1 is 1.26 bits per heavy atom. The highest BCUT2D eigenvalue weighted by Gasteiger charge is 2.32. The second-order valence-electron chi connectivity index (χ2n) is 4.82. The van der Waals surface area contributed by atoms with Gasteiger partial charge in [0.1, 0.15) is 0 Å². The molecule has 0 radical (unpaired) electrons. The average Bonchev–Trinajstić information content (AvgIpc) is 2.90. The summed E-state index contributed by atoms with van der Waals surface area (Å²) >= 11 is 0. The second kappa shape index (κ2) is 5.26. The first-order valence-corrected chi connectivity index (χ1v) is 6.33. The molecule has 0 N–H and O–H groups in total. The first-order valence-electron chi connectivity index (χ1n) is 6.33. The molecule has 0 aliphatic carbocycles. The van der Waals surface area contributed by atoms with E-state index in [1.165, 1.54) is 0 Å². The van der Waals surface area contributed by atoms with Gasteiger partial charge in [-0.3, -0.25) is 4.68 Å². The highest BCUT2D eigenvalue weighted by molar-refractivity contribution is 5.78. The van der Waals surface area contributed by atoms with E-state index in [1.54, 1.807) is 31.6 Å². The van der Waals surface area contributed by atoms with Gasteiger partial charge < -0.3 is 4.74 Å². The van der Waals surface area contributed by atoms with Crippen molar-refractivity contribution in [3.05, 3.63) is 42.7 Å². The summed E-state index contributed by atoms with van der Waals surface area (Å²) in [6.07, 6.45) is 3.63. The van der Waals surface area contributed by atoms with Crippen molar-refractivity contribution >= 4 is 5.97 Å². The number of esters is 1. The van der Waals surface area contributed by atoms with E-state index in [1.807, 2.05) is 36.5 Å². The Bertz CT molecular complexity index is 559. The summed E-state index contributed by atoms with van der Waals surface area (Å²) < 4.78 is 6.72. The van der Waals surface area contributed by atoms with Gasteiger partial charge >= 0.3 is 5.97 Å². The topological polar surface area (TPSA) is 44.1 Å². The zero-order valence-electron chi connectivity index (χ0n) is 11.5. The van der Waals surface area contributed by atoms with Crippen molar-refractivity contribution in [1.29, 1.82) is 0 Å². The van der Waals surface area contributed by atoms with Gasteiger partial charge in [0.2, 0.25) is 0 Å². The Balaban J connectivity index is 2.28. The molecule has 0 aliphatic heterocycles. The third-order valence-electron chi connectivity index (χ3n) is 3.04. The lowest BCUT2D eigenvalue weighted by Crippen LogP contribution is -2.37. The number of carbonyl (C=O) groups is 1. The van der Waals surface area contributed by atoms with Crippen molar-refractivity contribution in [3.8, 4) is 11.1 Å². The molecule has 4 nitrogen and oxygen atoms in total. The zero-order valence-corrected chi connectivity index (χ0v) is 11.5. The van der Waals surface area contributed by atoms with Crippen LogP contribution in [0.3, 0.4) is 0 Å². The summed E-state index contributed by atoms with van der Waals surface area (Å²) in [5.41, 5.74) is 1.26. The normalized spacial score (nSPS) is 11.3. The maximum Gasteiger partial charge on any atom is 0.333 e. The van der Waals surface area contributed by atoms with Crippen molar-refractivity contribution in [2.24, 2.45) is 0 Å². The monoisotopic (exact) mass is 258 g/mol. The molecule has 100 valence electrons. The van der Waals surface area contributed by atoms with Gasteiger partial charge in [-0.1, -0.05) is 30.3 Å². The molecular weight excluding hydrogens is 240 g/mol. The molecule has 2 rings (SSSR count). The van der Waals surface area contributed by atoms with Crippen LogP contribution in [0.5, 0.6) is 0 Å². The van der Waals surface area contributed by atoms with Crippen LogP contribution in [0.25, 0.3) is 11.1 Å². The van der Waals surface area contributed by atoms with Crippen molar-refractivity contribution in [2.45, 2.75) is 26.3 Å². The fourth-order valence-electron chi connectivity index (χ4n) is 1.81. The minimum absolute atomic E-state index is 0.280. The van der Waals surface area contributed by atoms with Crippen LogP contribution < -0.4 is 0 Å². The number of hydrogen-bond donors (Lipinski definition) is 0. The van der Waals surface area contributed by atoms with Gasteiger partial charge in [0.25, 0.3) is 0 Å². The van der Waals surface area contributed by atoms with Gasteiger partial charge in [0.05, 0.1) is 12.8 Å². The molecule has 1 aromatic heterocycles. The standard InChI is InChI=1S/C15H18N2O2/c1-4-19-14(18)15(2,3)17-11-13(10-16-17)12-8-6-5-7-9-12/h5-11H,4H2,1-3H3. The summed E-state index contributed by atoms with van der Waals surface area (Å²) in [7, 11) is 0. The third kappa shape index (κ3) is 2.67. The summed E-state index contributed by atoms with van der Waals surface area (Å²) in [4.78, 5) is 11.9. The maximum atomic E-state index is 11.9. The lowest BCUT2D eigenvalue weighted by atomic mass is 10.1. The van der Waals surface area contributed by atoms with Crippen LogP contribution in [-0.2, 0) is 15.1 Å². The van der Waals surface area contributed by atoms with Gasteiger partial charge in [-0.25, -0.2) is 4.79 Å². The number of benzene rings is 1. The lowest BCUT2D eigenvalue weighted by Gasteiger charge is -2.22. The first kappa shape index (κ1) is 13.3. The fourth-order valence-corrected chi connectivity index (χ4v) is 1.81. The molecule has 1 heterocycles. The van der Waals surface area contributed by atoms with Crippen molar-refractivity contribution < 1.29 is 9.53 Å².